The molecular weight excluding hydrogens is 232 g/mol. The number of fused-ring (bicyclic) bond motifs is 1. The Labute approximate surface area is 104 Å². The van der Waals surface area contributed by atoms with Crippen LogP contribution >= 0.6 is 11.8 Å². The minimum atomic E-state index is 0.526. The molecule has 0 aliphatic carbocycles. The molecule has 4 nitrogen and oxygen atoms in total. The van der Waals surface area contributed by atoms with Crippen LogP contribution in [0.15, 0.2) is 18.3 Å². The number of aromatic nitrogens is 3. The van der Waals surface area contributed by atoms with Crippen molar-refractivity contribution < 1.29 is 0 Å². The van der Waals surface area contributed by atoms with E-state index in [2.05, 4.69) is 20.3 Å². The van der Waals surface area contributed by atoms with Crippen molar-refractivity contribution in [3.63, 3.8) is 0 Å². The smallest absolute Gasteiger partial charge is 0.164 e. The lowest BCUT2D eigenvalue weighted by molar-refractivity contribution is 0.806. The Kier molecular flexibility index (Phi) is 2.84. The molecule has 3 rings (SSSR count). The van der Waals surface area contributed by atoms with Crippen molar-refractivity contribution in [3.05, 3.63) is 24.2 Å². The second-order valence-electron chi connectivity index (χ2n) is 4.20. The highest BCUT2D eigenvalue weighted by Gasteiger charge is 2.17. The third-order valence-corrected chi connectivity index (χ3v) is 4.02. The molecule has 0 radical (unpaired) electrons. The zero-order chi connectivity index (χ0) is 11.7. The molecule has 1 unspecified atom stereocenters. The van der Waals surface area contributed by atoms with Gasteiger partial charge in [0.25, 0.3) is 0 Å². The molecule has 1 fully saturated rings. The number of anilines is 1. The topological polar surface area (TPSA) is 50.7 Å². The van der Waals surface area contributed by atoms with Crippen LogP contribution in [-0.4, -0.2) is 32.5 Å². The highest BCUT2D eigenvalue weighted by Crippen LogP contribution is 2.24. The lowest BCUT2D eigenvalue weighted by Gasteiger charge is -2.13. The number of hydrogen-bond donors (Lipinski definition) is 1. The third kappa shape index (κ3) is 2.20. The highest BCUT2D eigenvalue weighted by atomic mass is 32.2. The molecule has 0 amide bonds. The molecule has 2 aromatic rings. The molecule has 1 saturated heterocycles. The van der Waals surface area contributed by atoms with Gasteiger partial charge in [-0.15, -0.1) is 0 Å². The molecule has 2 aromatic heterocycles. The first-order valence-electron chi connectivity index (χ1n) is 5.76. The molecule has 1 aliphatic rings. The van der Waals surface area contributed by atoms with Gasteiger partial charge in [-0.1, -0.05) is 0 Å². The molecule has 0 aromatic carbocycles. The summed E-state index contributed by atoms with van der Waals surface area (Å²) in [4.78, 5) is 13.1. The van der Waals surface area contributed by atoms with Crippen LogP contribution in [0.5, 0.6) is 0 Å². The number of nitrogens with one attached hydrogen (secondary N) is 1. The van der Waals surface area contributed by atoms with Gasteiger partial charge in [0.1, 0.15) is 11.6 Å². The van der Waals surface area contributed by atoms with E-state index < -0.39 is 0 Å². The minimum Gasteiger partial charge on any atom is -0.366 e. The SMILES string of the molecule is Cc1nc(NC2CCSC2)c2cccnc2n1. The van der Waals surface area contributed by atoms with Crippen LogP contribution in [0.25, 0.3) is 11.0 Å². The predicted molar refractivity (Wildman–Crippen MR) is 71.4 cm³/mol. The fourth-order valence-electron chi connectivity index (χ4n) is 2.02. The van der Waals surface area contributed by atoms with Gasteiger partial charge in [0, 0.05) is 18.0 Å². The molecule has 0 saturated carbocycles. The second-order valence-corrected chi connectivity index (χ2v) is 5.35. The van der Waals surface area contributed by atoms with E-state index in [1.807, 2.05) is 30.8 Å². The van der Waals surface area contributed by atoms with Crippen LogP contribution in [0.1, 0.15) is 12.2 Å². The van der Waals surface area contributed by atoms with Gasteiger partial charge in [-0.25, -0.2) is 15.0 Å². The summed E-state index contributed by atoms with van der Waals surface area (Å²) < 4.78 is 0. The average Bonchev–Trinajstić information content (AvgIpc) is 2.81. The summed E-state index contributed by atoms with van der Waals surface area (Å²) in [6.45, 7) is 1.91. The van der Waals surface area contributed by atoms with Crippen molar-refractivity contribution >= 4 is 28.6 Å². The van der Waals surface area contributed by atoms with Crippen molar-refractivity contribution in [2.75, 3.05) is 16.8 Å². The summed E-state index contributed by atoms with van der Waals surface area (Å²) in [7, 11) is 0. The highest BCUT2D eigenvalue weighted by molar-refractivity contribution is 7.99. The first-order valence-corrected chi connectivity index (χ1v) is 6.92. The van der Waals surface area contributed by atoms with Crippen molar-refractivity contribution in [2.24, 2.45) is 0 Å². The Morgan fingerprint density at radius 2 is 2.35 bits per heavy atom. The monoisotopic (exact) mass is 246 g/mol. The van der Waals surface area contributed by atoms with Crippen LogP contribution < -0.4 is 5.32 Å². The summed E-state index contributed by atoms with van der Waals surface area (Å²) in [6, 6.07) is 4.47. The predicted octanol–water partition coefficient (Wildman–Crippen LogP) is 2.25. The quantitative estimate of drug-likeness (QED) is 0.880. The zero-order valence-corrected chi connectivity index (χ0v) is 10.5. The van der Waals surface area contributed by atoms with Crippen molar-refractivity contribution in [2.45, 2.75) is 19.4 Å². The Bertz CT molecular complexity index is 537. The van der Waals surface area contributed by atoms with Crippen LogP contribution in [0, 0.1) is 6.92 Å². The maximum atomic E-state index is 4.49. The van der Waals surface area contributed by atoms with Gasteiger partial charge >= 0.3 is 0 Å². The van der Waals surface area contributed by atoms with E-state index in [4.69, 9.17) is 0 Å². The average molecular weight is 246 g/mol. The fourth-order valence-corrected chi connectivity index (χ4v) is 3.18. The Hall–Kier alpha value is -1.36. The molecule has 3 heterocycles. The second kappa shape index (κ2) is 4.49. The zero-order valence-electron chi connectivity index (χ0n) is 9.68. The van der Waals surface area contributed by atoms with Gasteiger partial charge in [-0.2, -0.15) is 11.8 Å². The summed E-state index contributed by atoms with van der Waals surface area (Å²) in [5, 5.41) is 4.52. The fraction of sp³-hybridized carbons (Fsp3) is 0.417. The standard InChI is InChI=1S/C12H14N4S/c1-8-14-11-10(3-2-5-13-11)12(15-8)16-9-4-6-17-7-9/h2-3,5,9H,4,6-7H2,1H3,(H,13,14,15,16). The van der Waals surface area contributed by atoms with Crippen molar-refractivity contribution in [1.82, 2.24) is 15.0 Å². The van der Waals surface area contributed by atoms with Crippen molar-refractivity contribution in [1.29, 1.82) is 0 Å². The first kappa shape index (κ1) is 10.8. The molecular formula is C12H14N4S. The number of aryl methyl sites for hydroxylation is 1. The van der Waals surface area contributed by atoms with Crippen LogP contribution in [0.4, 0.5) is 5.82 Å². The van der Waals surface area contributed by atoms with E-state index in [1.165, 1.54) is 12.2 Å². The summed E-state index contributed by atoms with van der Waals surface area (Å²) >= 11 is 1.99. The van der Waals surface area contributed by atoms with E-state index in [9.17, 15) is 0 Å². The molecule has 1 atom stereocenters. The van der Waals surface area contributed by atoms with E-state index in [0.29, 0.717) is 6.04 Å². The van der Waals surface area contributed by atoms with Crippen LogP contribution in [0.3, 0.4) is 0 Å². The third-order valence-electron chi connectivity index (χ3n) is 2.85. The summed E-state index contributed by atoms with van der Waals surface area (Å²) in [5.74, 6) is 4.08. The van der Waals surface area contributed by atoms with Gasteiger partial charge in [-0.05, 0) is 31.2 Å². The Morgan fingerprint density at radius 1 is 1.41 bits per heavy atom. The summed E-state index contributed by atoms with van der Waals surface area (Å²) in [5.41, 5.74) is 0.771. The molecule has 5 heteroatoms. The normalized spacial score (nSPS) is 19.7. The summed E-state index contributed by atoms with van der Waals surface area (Å²) in [6.07, 6.45) is 2.97. The van der Waals surface area contributed by atoms with Gasteiger partial charge in [-0.3, -0.25) is 0 Å². The number of pyridine rings is 1. The molecule has 1 aliphatic heterocycles. The van der Waals surface area contributed by atoms with Gasteiger partial charge < -0.3 is 5.32 Å². The first-order chi connectivity index (χ1) is 8.33. The lowest BCUT2D eigenvalue weighted by atomic mass is 10.2. The minimum absolute atomic E-state index is 0.526. The van der Waals surface area contributed by atoms with Gasteiger partial charge in [0.15, 0.2) is 5.65 Å². The van der Waals surface area contributed by atoms with E-state index in [1.54, 1.807) is 6.20 Å². The Balaban J connectivity index is 2.01. The van der Waals surface area contributed by atoms with Crippen LogP contribution in [0.2, 0.25) is 0 Å². The van der Waals surface area contributed by atoms with Crippen molar-refractivity contribution in [3.8, 4) is 0 Å². The molecule has 17 heavy (non-hydrogen) atoms. The van der Waals surface area contributed by atoms with Gasteiger partial charge in [0.2, 0.25) is 0 Å². The molecule has 88 valence electrons. The maximum Gasteiger partial charge on any atom is 0.164 e. The number of rotatable bonds is 2. The Morgan fingerprint density at radius 3 is 3.18 bits per heavy atom. The molecule has 0 spiro atoms. The van der Waals surface area contributed by atoms with Crippen LogP contribution in [-0.2, 0) is 0 Å². The van der Waals surface area contributed by atoms with E-state index >= 15 is 0 Å². The van der Waals surface area contributed by atoms with E-state index in [-0.39, 0.29) is 0 Å². The van der Waals surface area contributed by atoms with E-state index in [0.717, 1.165) is 28.4 Å². The number of hydrogen-bond acceptors (Lipinski definition) is 5. The lowest BCUT2D eigenvalue weighted by Crippen LogP contribution is -2.19. The molecule has 0 bridgehead atoms. The number of thioether (sulfide) groups is 1. The number of nitrogens with zero attached hydrogens (tertiary/aromatic N) is 3. The molecule has 1 N–H and O–H groups in total. The van der Waals surface area contributed by atoms with Gasteiger partial charge in [0.05, 0.1) is 5.39 Å². The maximum absolute atomic E-state index is 4.49. The largest absolute Gasteiger partial charge is 0.366 e.